The van der Waals surface area contributed by atoms with Crippen LogP contribution in [0, 0.1) is 0 Å². The minimum Gasteiger partial charge on any atom is -0.489 e. The topological polar surface area (TPSA) is 93.2 Å². The molecule has 32 heavy (non-hydrogen) atoms. The number of nitrogens with one attached hydrogen (secondary N) is 2. The van der Waals surface area contributed by atoms with Gasteiger partial charge in [-0.15, -0.1) is 0 Å². The first kappa shape index (κ1) is 23.7. The van der Waals surface area contributed by atoms with Gasteiger partial charge in [0.15, 0.2) is 0 Å². The van der Waals surface area contributed by atoms with E-state index in [4.69, 9.17) is 4.74 Å². The predicted molar refractivity (Wildman–Crippen MR) is 126 cm³/mol. The van der Waals surface area contributed by atoms with Crippen LogP contribution in [0.1, 0.15) is 50.8 Å². The Labute approximate surface area is 190 Å². The van der Waals surface area contributed by atoms with Crippen LogP contribution in [-0.4, -0.2) is 24.4 Å². The minimum absolute atomic E-state index is 0.0139. The summed E-state index contributed by atoms with van der Waals surface area (Å²) in [6.07, 6.45) is 6.60. The number of sulfonamides is 1. The number of ether oxygens (including phenoxy) is 1. The molecule has 0 fully saturated rings. The minimum atomic E-state index is -3.57. The lowest BCUT2D eigenvalue weighted by Gasteiger charge is -2.16. The summed E-state index contributed by atoms with van der Waals surface area (Å²) in [5.41, 5.74) is 2.07. The Kier molecular flexibility index (Phi) is 8.19. The molecule has 170 valence electrons. The van der Waals surface area contributed by atoms with Crippen molar-refractivity contribution in [2.45, 2.75) is 57.2 Å². The lowest BCUT2D eigenvalue weighted by atomic mass is 10.1. The van der Waals surface area contributed by atoms with Crippen molar-refractivity contribution in [3.63, 3.8) is 0 Å². The van der Waals surface area contributed by atoms with Gasteiger partial charge in [-0.1, -0.05) is 31.5 Å². The molecule has 2 aromatic heterocycles. The molecule has 2 heterocycles. The highest BCUT2D eigenvalue weighted by atomic mass is 32.2. The first-order chi connectivity index (χ1) is 15.4. The van der Waals surface area contributed by atoms with Crippen molar-refractivity contribution in [1.29, 1.82) is 0 Å². The van der Waals surface area contributed by atoms with Gasteiger partial charge < -0.3 is 10.1 Å². The molecule has 0 spiro atoms. The number of rotatable bonds is 11. The molecule has 0 radical (unpaired) electrons. The molecule has 0 saturated heterocycles. The Hall–Kier alpha value is -2.97. The van der Waals surface area contributed by atoms with E-state index < -0.39 is 10.0 Å². The van der Waals surface area contributed by atoms with Crippen molar-refractivity contribution in [3.05, 3.63) is 78.2 Å². The van der Waals surface area contributed by atoms with Crippen LogP contribution in [0.5, 0.6) is 5.75 Å². The number of hydrogen-bond donors (Lipinski definition) is 2. The zero-order chi connectivity index (χ0) is 23.0. The molecule has 7 nitrogen and oxygen atoms in total. The second kappa shape index (κ2) is 11.1. The number of pyridine rings is 2. The molecule has 3 rings (SSSR count). The highest BCUT2D eigenvalue weighted by molar-refractivity contribution is 7.89. The SMILES string of the molecule is CCCC(C)NS(=O)(=O)c1ccc(NC(C)c2ccc(OCc3cccnc3)cc2)nc1. The standard InChI is InChI=1S/C24H30N4O3S/c1-4-6-18(2)28-32(29,30)23-12-13-24(26-16-23)27-19(3)21-8-10-22(11-9-21)31-17-20-7-5-14-25-15-20/h5,7-16,18-19,28H,4,6,17H2,1-3H3,(H,26,27). The Balaban J connectivity index is 1.56. The molecule has 0 bridgehead atoms. The van der Waals surface area contributed by atoms with E-state index in [1.54, 1.807) is 24.5 Å². The summed E-state index contributed by atoms with van der Waals surface area (Å²) in [4.78, 5) is 8.53. The Bertz CT molecular complexity index is 1070. The molecule has 0 aliphatic carbocycles. The lowest BCUT2D eigenvalue weighted by molar-refractivity contribution is 0.305. The van der Waals surface area contributed by atoms with E-state index in [1.165, 1.54) is 6.20 Å². The lowest BCUT2D eigenvalue weighted by Crippen LogP contribution is -2.32. The van der Waals surface area contributed by atoms with Crippen LogP contribution in [0.4, 0.5) is 5.82 Å². The molecule has 0 amide bonds. The molecule has 0 aliphatic heterocycles. The van der Waals surface area contributed by atoms with E-state index in [0.29, 0.717) is 12.4 Å². The maximum Gasteiger partial charge on any atom is 0.242 e. The number of nitrogens with zero attached hydrogens (tertiary/aromatic N) is 2. The average molecular weight is 455 g/mol. The molecule has 0 saturated carbocycles. The summed E-state index contributed by atoms with van der Waals surface area (Å²) in [7, 11) is -3.57. The summed E-state index contributed by atoms with van der Waals surface area (Å²) in [5, 5.41) is 3.30. The third-order valence-electron chi connectivity index (χ3n) is 5.00. The summed E-state index contributed by atoms with van der Waals surface area (Å²) in [6, 6.07) is 14.8. The monoisotopic (exact) mass is 454 g/mol. The fraction of sp³-hybridized carbons (Fsp3) is 0.333. The van der Waals surface area contributed by atoms with E-state index in [9.17, 15) is 8.42 Å². The van der Waals surface area contributed by atoms with Crippen LogP contribution >= 0.6 is 0 Å². The average Bonchev–Trinajstić information content (AvgIpc) is 2.79. The van der Waals surface area contributed by atoms with Gasteiger partial charge in [-0.25, -0.2) is 18.1 Å². The van der Waals surface area contributed by atoms with Gasteiger partial charge in [0.1, 0.15) is 23.1 Å². The highest BCUT2D eigenvalue weighted by Crippen LogP contribution is 2.22. The van der Waals surface area contributed by atoms with Gasteiger partial charge >= 0.3 is 0 Å². The van der Waals surface area contributed by atoms with Crippen LogP contribution in [0.2, 0.25) is 0 Å². The second-order valence-electron chi connectivity index (χ2n) is 7.78. The predicted octanol–water partition coefficient (Wildman–Crippen LogP) is 4.70. The number of hydrogen-bond acceptors (Lipinski definition) is 6. The normalized spacial score (nSPS) is 13.3. The molecule has 1 aromatic carbocycles. The second-order valence-corrected chi connectivity index (χ2v) is 9.49. The van der Waals surface area contributed by atoms with Crippen LogP contribution < -0.4 is 14.8 Å². The maximum absolute atomic E-state index is 12.5. The fourth-order valence-corrected chi connectivity index (χ4v) is 4.48. The van der Waals surface area contributed by atoms with Crippen LogP contribution in [0.15, 0.2) is 72.0 Å². The van der Waals surface area contributed by atoms with E-state index in [0.717, 1.165) is 29.7 Å². The summed E-state index contributed by atoms with van der Waals surface area (Å²) in [6.45, 7) is 6.37. The first-order valence-corrected chi connectivity index (χ1v) is 12.2. The molecule has 2 N–H and O–H groups in total. The highest BCUT2D eigenvalue weighted by Gasteiger charge is 2.17. The quantitative estimate of drug-likeness (QED) is 0.436. The van der Waals surface area contributed by atoms with Crippen molar-refractivity contribution in [2.75, 3.05) is 5.32 Å². The molecular weight excluding hydrogens is 424 g/mol. The molecule has 2 atom stereocenters. The van der Waals surface area contributed by atoms with E-state index >= 15 is 0 Å². The van der Waals surface area contributed by atoms with E-state index in [1.807, 2.05) is 57.2 Å². The molecule has 3 aromatic rings. The summed E-state index contributed by atoms with van der Waals surface area (Å²) < 4.78 is 33.4. The Morgan fingerprint density at radius 2 is 1.81 bits per heavy atom. The smallest absolute Gasteiger partial charge is 0.242 e. The number of aromatic nitrogens is 2. The third-order valence-corrected chi connectivity index (χ3v) is 6.57. The molecule has 0 aliphatic rings. The molecule has 2 unspecified atom stereocenters. The van der Waals surface area contributed by atoms with Crippen molar-refractivity contribution in [2.24, 2.45) is 0 Å². The largest absolute Gasteiger partial charge is 0.489 e. The van der Waals surface area contributed by atoms with Gasteiger partial charge in [0, 0.05) is 36.2 Å². The third kappa shape index (κ3) is 6.77. The zero-order valence-corrected chi connectivity index (χ0v) is 19.5. The Morgan fingerprint density at radius 3 is 2.44 bits per heavy atom. The number of anilines is 1. The van der Waals surface area contributed by atoms with Crippen LogP contribution in [0.25, 0.3) is 0 Å². The first-order valence-electron chi connectivity index (χ1n) is 10.7. The van der Waals surface area contributed by atoms with E-state index in [2.05, 4.69) is 20.0 Å². The van der Waals surface area contributed by atoms with Gasteiger partial charge in [-0.2, -0.15) is 0 Å². The van der Waals surface area contributed by atoms with Gasteiger partial charge in [0.05, 0.1) is 0 Å². The maximum atomic E-state index is 12.5. The van der Waals surface area contributed by atoms with Crippen molar-refractivity contribution >= 4 is 15.8 Å². The van der Waals surface area contributed by atoms with Crippen LogP contribution in [-0.2, 0) is 16.6 Å². The van der Waals surface area contributed by atoms with Gasteiger partial charge in [0.2, 0.25) is 10.0 Å². The van der Waals surface area contributed by atoms with Crippen molar-refractivity contribution in [3.8, 4) is 5.75 Å². The summed E-state index contributed by atoms with van der Waals surface area (Å²) >= 11 is 0. The van der Waals surface area contributed by atoms with Gasteiger partial charge in [-0.3, -0.25) is 4.98 Å². The van der Waals surface area contributed by atoms with Crippen LogP contribution in [0.3, 0.4) is 0 Å². The summed E-state index contributed by atoms with van der Waals surface area (Å²) in [5.74, 6) is 1.39. The number of benzene rings is 1. The van der Waals surface area contributed by atoms with Crippen molar-refractivity contribution < 1.29 is 13.2 Å². The fourth-order valence-electron chi connectivity index (χ4n) is 3.26. The van der Waals surface area contributed by atoms with Crippen molar-refractivity contribution in [1.82, 2.24) is 14.7 Å². The molecule has 8 heteroatoms. The van der Waals surface area contributed by atoms with E-state index in [-0.39, 0.29) is 17.0 Å². The molecular formula is C24H30N4O3S. The zero-order valence-electron chi connectivity index (χ0n) is 18.7. The Morgan fingerprint density at radius 1 is 1.03 bits per heavy atom. The van der Waals surface area contributed by atoms with Gasteiger partial charge in [0.25, 0.3) is 0 Å². The van der Waals surface area contributed by atoms with Gasteiger partial charge in [-0.05, 0) is 56.2 Å².